The second-order valence-corrected chi connectivity index (χ2v) is 7.43. The minimum Gasteiger partial charge on any atom is -0.323 e. The summed E-state index contributed by atoms with van der Waals surface area (Å²) in [5, 5.41) is 11.8. The Morgan fingerprint density at radius 3 is 2.80 bits per heavy atom. The molecule has 1 amide bonds. The average molecular weight is 362 g/mol. The number of anilines is 1. The van der Waals surface area contributed by atoms with Gasteiger partial charge in [0.05, 0.1) is 11.4 Å². The quantitative estimate of drug-likeness (QED) is 0.794. The first-order valence-electron chi connectivity index (χ1n) is 8.69. The first kappa shape index (κ1) is 17.9. The summed E-state index contributed by atoms with van der Waals surface area (Å²) < 4.78 is 15.5. The number of benzene rings is 1. The second kappa shape index (κ2) is 8.47. The molecule has 0 spiro atoms. The van der Waals surface area contributed by atoms with Crippen molar-refractivity contribution in [3.05, 3.63) is 35.9 Å². The van der Waals surface area contributed by atoms with E-state index in [9.17, 15) is 9.18 Å². The van der Waals surface area contributed by atoms with Gasteiger partial charge in [-0.3, -0.25) is 4.79 Å². The third-order valence-electron chi connectivity index (χ3n) is 4.60. The number of rotatable bonds is 6. The SMILES string of the molecule is Cn1c(CC2CCCCC2)nnc1SCC(=O)Nc1ccccc1F. The van der Waals surface area contributed by atoms with E-state index >= 15 is 0 Å². The lowest BCUT2D eigenvalue weighted by Gasteiger charge is -2.20. The van der Waals surface area contributed by atoms with E-state index < -0.39 is 5.82 Å². The number of carbonyl (C=O) groups excluding carboxylic acids is 1. The van der Waals surface area contributed by atoms with Crippen molar-refractivity contribution < 1.29 is 9.18 Å². The smallest absolute Gasteiger partial charge is 0.234 e. The number of nitrogens with zero attached hydrogens (tertiary/aromatic N) is 3. The van der Waals surface area contributed by atoms with Gasteiger partial charge in [0.15, 0.2) is 5.16 Å². The molecular formula is C18H23FN4OS. The van der Waals surface area contributed by atoms with Gasteiger partial charge < -0.3 is 9.88 Å². The van der Waals surface area contributed by atoms with E-state index in [4.69, 9.17) is 0 Å². The van der Waals surface area contributed by atoms with Crippen molar-refractivity contribution in [1.29, 1.82) is 0 Å². The number of aromatic nitrogens is 3. The summed E-state index contributed by atoms with van der Waals surface area (Å²) in [6, 6.07) is 6.14. The van der Waals surface area contributed by atoms with Crippen molar-refractivity contribution >= 4 is 23.4 Å². The molecule has 1 aromatic heterocycles. The zero-order chi connectivity index (χ0) is 17.6. The normalized spacial score (nSPS) is 15.3. The molecule has 25 heavy (non-hydrogen) atoms. The molecule has 5 nitrogen and oxygen atoms in total. The first-order chi connectivity index (χ1) is 12.1. The number of carbonyl (C=O) groups is 1. The maximum absolute atomic E-state index is 13.6. The van der Waals surface area contributed by atoms with Gasteiger partial charge in [-0.2, -0.15) is 0 Å². The third-order valence-corrected chi connectivity index (χ3v) is 5.62. The van der Waals surface area contributed by atoms with E-state index in [1.807, 2.05) is 11.6 Å². The van der Waals surface area contributed by atoms with Crippen LogP contribution < -0.4 is 5.32 Å². The summed E-state index contributed by atoms with van der Waals surface area (Å²) in [4.78, 5) is 12.0. The Labute approximate surface area is 151 Å². The van der Waals surface area contributed by atoms with Crippen LogP contribution in [-0.2, 0) is 18.3 Å². The molecule has 1 aromatic carbocycles. The molecule has 1 fully saturated rings. The Bertz CT molecular complexity index is 728. The molecule has 0 unspecified atom stereocenters. The highest BCUT2D eigenvalue weighted by Gasteiger charge is 2.18. The number of hydrogen-bond donors (Lipinski definition) is 1. The van der Waals surface area contributed by atoms with Gasteiger partial charge in [-0.25, -0.2) is 4.39 Å². The van der Waals surface area contributed by atoms with Crippen molar-refractivity contribution in [2.24, 2.45) is 13.0 Å². The Balaban J connectivity index is 1.53. The third kappa shape index (κ3) is 4.81. The minimum atomic E-state index is -0.436. The van der Waals surface area contributed by atoms with Crippen LogP contribution in [-0.4, -0.2) is 26.4 Å². The first-order valence-corrected chi connectivity index (χ1v) is 9.67. The molecular weight excluding hydrogens is 339 g/mol. The van der Waals surface area contributed by atoms with Crippen LogP contribution in [0.5, 0.6) is 0 Å². The van der Waals surface area contributed by atoms with E-state index in [2.05, 4.69) is 15.5 Å². The molecule has 7 heteroatoms. The molecule has 1 N–H and O–H groups in total. The monoisotopic (exact) mass is 362 g/mol. The lowest BCUT2D eigenvalue weighted by molar-refractivity contribution is -0.113. The predicted molar refractivity (Wildman–Crippen MR) is 97.0 cm³/mol. The van der Waals surface area contributed by atoms with Crippen molar-refractivity contribution in [2.75, 3.05) is 11.1 Å². The van der Waals surface area contributed by atoms with E-state index in [1.165, 1.54) is 49.9 Å². The molecule has 1 heterocycles. The highest BCUT2D eigenvalue weighted by Crippen LogP contribution is 2.27. The molecule has 0 bridgehead atoms. The number of nitrogens with one attached hydrogen (secondary N) is 1. The fraction of sp³-hybridized carbons (Fsp3) is 0.500. The van der Waals surface area contributed by atoms with Gasteiger partial charge in [-0.05, 0) is 18.1 Å². The lowest BCUT2D eigenvalue weighted by atomic mass is 9.87. The van der Waals surface area contributed by atoms with E-state index in [0.29, 0.717) is 5.92 Å². The second-order valence-electron chi connectivity index (χ2n) is 6.48. The maximum Gasteiger partial charge on any atom is 0.234 e. The fourth-order valence-electron chi connectivity index (χ4n) is 3.18. The molecule has 0 saturated heterocycles. The van der Waals surface area contributed by atoms with Gasteiger partial charge in [-0.1, -0.05) is 56.0 Å². The van der Waals surface area contributed by atoms with Crippen molar-refractivity contribution in [3.8, 4) is 0 Å². The highest BCUT2D eigenvalue weighted by molar-refractivity contribution is 7.99. The molecule has 1 aliphatic rings. The van der Waals surface area contributed by atoms with Crippen molar-refractivity contribution in [1.82, 2.24) is 14.8 Å². The Kier molecular flexibility index (Phi) is 6.07. The van der Waals surface area contributed by atoms with Gasteiger partial charge in [-0.15, -0.1) is 10.2 Å². The highest BCUT2D eigenvalue weighted by atomic mass is 32.2. The number of thioether (sulfide) groups is 1. The zero-order valence-electron chi connectivity index (χ0n) is 14.4. The minimum absolute atomic E-state index is 0.170. The molecule has 3 rings (SSSR count). The zero-order valence-corrected chi connectivity index (χ0v) is 15.2. The molecule has 0 aliphatic heterocycles. The van der Waals surface area contributed by atoms with Crippen LogP contribution in [0.25, 0.3) is 0 Å². The summed E-state index contributed by atoms with van der Waals surface area (Å²) in [5.74, 6) is 1.15. The summed E-state index contributed by atoms with van der Waals surface area (Å²) in [5.41, 5.74) is 0.198. The summed E-state index contributed by atoms with van der Waals surface area (Å²) in [6.07, 6.45) is 7.43. The van der Waals surface area contributed by atoms with Gasteiger partial charge in [0.1, 0.15) is 11.6 Å². The average Bonchev–Trinajstić information content (AvgIpc) is 2.96. The van der Waals surface area contributed by atoms with Crippen LogP contribution in [0.4, 0.5) is 10.1 Å². The Morgan fingerprint density at radius 2 is 2.04 bits per heavy atom. The number of amides is 1. The van der Waals surface area contributed by atoms with Crippen LogP contribution in [0, 0.1) is 11.7 Å². The van der Waals surface area contributed by atoms with Crippen LogP contribution >= 0.6 is 11.8 Å². The van der Waals surface area contributed by atoms with Gasteiger partial charge in [0, 0.05) is 13.5 Å². The van der Waals surface area contributed by atoms with E-state index in [1.54, 1.807) is 18.2 Å². The largest absolute Gasteiger partial charge is 0.323 e. The topological polar surface area (TPSA) is 59.8 Å². The molecule has 1 saturated carbocycles. The Hall–Kier alpha value is -1.89. The molecule has 1 aliphatic carbocycles. The molecule has 2 aromatic rings. The molecule has 0 atom stereocenters. The van der Waals surface area contributed by atoms with Crippen LogP contribution in [0.1, 0.15) is 37.9 Å². The maximum atomic E-state index is 13.6. The van der Waals surface area contributed by atoms with Crippen LogP contribution in [0.3, 0.4) is 0 Å². The fourth-order valence-corrected chi connectivity index (χ4v) is 3.91. The predicted octanol–water partition coefficient (Wildman–Crippen LogP) is 3.81. The number of para-hydroxylation sites is 1. The van der Waals surface area contributed by atoms with Crippen molar-refractivity contribution in [3.63, 3.8) is 0 Å². The number of halogens is 1. The number of hydrogen-bond acceptors (Lipinski definition) is 4. The summed E-state index contributed by atoms with van der Waals surface area (Å²) in [6.45, 7) is 0. The van der Waals surface area contributed by atoms with Gasteiger partial charge in [0.2, 0.25) is 5.91 Å². The van der Waals surface area contributed by atoms with Crippen LogP contribution in [0.2, 0.25) is 0 Å². The van der Waals surface area contributed by atoms with Gasteiger partial charge >= 0.3 is 0 Å². The Morgan fingerprint density at radius 1 is 1.28 bits per heavy atom. The summed E-state index contributed by atoms with van der Waals surface area (Å²) >= 11 is 1.32. The van der Waals surface area contributed by atoms with Crippen LogP contribution in [0.15, 0.2) is 29.4 Å². The lowest BCUT2D eigenvalue weighted by Crippen LogP contribution is -2.15. The summed E-state index contributed by atoms with van der Waals surface area (Å²) in [7, 11) is 1.94. The van der Waals surface area contributed by atoms with Gasteiger partial charge in [0.25, 0.3) is 0 Å². The molecule has 0 radical (unpaired) electrons. The standard InChI is InChI=1S/C18H23FN4OS/c1-23-16(11-13-7-3-2-4-8-13)21-22-18(23)25-12-17(24)20-15-10-6-5-9-14(15)19/h5-6,9-10,13H,2-4,7-8,11-12H2,1H3,(H,20,24). The van der Waals surface area contributed by atoms with Crippen molar-refractivity contribution in [2.45, 2.75) is 43.7 Å². The van der Waals surface area contributed by atoms with E-state index in [-0.39, 0.29) is 17.3 Å². The molecule has 134 valence electrons. The van der Waals surface area contributed by atoms with E-state index in [0.717, 1.165) is 17.4 Å².